The first kappa shape index (κ1) is 21.9. The van der Waals surface area contributed by atoms with Crippen molar-refractivity contribution in [2.24, 2.45) is 0 Å². The highest BCUT2D eigenvalue weighted by Crippen LogP contribution is 2.46. The molecule has 1 aromatic carbocycles. The Balaban J connectivity index is 1.42. The molecule has 5 heteroatoms. The van der Waals surface area contributed by atoms with Gasteiger partial charge < -0.3 is 9.64 Å². The van der Waals surface area contributed by atoms with Crippen LogP contribution in [-0.4, -0.2) is 46.6 Å². The van der Waals surface area contributed by atoms with Crippen molar-refractivity contribution in [1.29, 1.82) is 0 Å². The summed E-state index contributed by atoms with van der Waals surface area (Å²) in [5, 5.41) is 0. The van der Waals surface area contributed by atoms with Gasteiger partial charge in [0.1, 0.15) is 5.82 Å². The van der Waals surface area contributed by atoms with Crippen molar-refractivity contribution in [2.45, 2.75) is 76.7 Å². The molecular weight excluding hydrogens is 386 g/mol. The Hall–Kier alpha value is -2.27. The maximum Gasteiger partial charge on any atom is 0.341 e. The summed E-state index contributed by atoms with van der Waals surface area (Å²) in [6, 6.07) is 10.0. The highest BCUT2D eigenvalue weighted by molar-refractivity contribution is 5.88. The smallest absolute Gasteiger partial charge is 0.341 e. The van der Waals surface area contributed by atoms with Crippen molar-refractivity contribution >= 4 is 5.97 Å². The van der Waals surface area contributed by atoms with E-state index >= 15 is 0 Å². The Morgan fingerprint density at radius 3 is 2.29 bits per heavy atom. The van der Waals surface area contributed by atoms with Crippen molar-refractivity contribution in [3.63, 3.8) is 0 Å². The second-order valence-corrected chi connectivity index (χ2v) is 9.45. The molecule has 166 valence electrons. The summed E-state index contributed by atoms with van der Waals surface area (Å²) in [7, 11) is 0. The fourth-order valence-electron chi connectivity index (χ4n) is 5.10. The number of likely N-dealkylation sites (tertiary alicyclic amines) is 1. The van der Waals surface area contributed by atoms with Gasteiger partial charge in [0.25, 0.3) is 0 Å². The maximum absolute atomic E-state index is 11.8. The van der Waals surface area contributed by atoms with Crippen LogP contribution in [0.15, 0.2) is 36.7 Å². The second-order valence-electron chi connectivity index (χ2n) is 9.45. The molecule has 2 aliphatic rings. The number of esters is 1. The van der Waals surface area contributed by atoms with Gasteiger partial charge in [0.2, 0.25) is 0 Å². The van der Waals surface area contributed by atoms with E-state index in [1.807, 2.05) is 0 Å². The molecule has 0 spiro atoms. The minimum atomic E-state index is -0.359. The summed E-state index contributed by atoms with van der Waals surface area (Å²) < 4.78 is 5.03. The Kier molecular flexibility index (Phi) is 6.71. The number of piperidine rings is 1. The summed E-state index contributed by atoms with van der Waals surface area (Å²) in [5.74, 6) is 1.13. The first-order chi connectivity index (χ1) is 15.0. The van der Waals surface area contributed by atoms with Crippen LogP contribution in [0.4, 0.5) is 0 Å². The van der Waals surface area contributed by atoms with E-state index in [2.05, 4.69) is 53.0 Å². The van der Waals surface area contributed by atoms with Crippen LogP contribution in [0.2, 0.25) is 0 Å². The normalized spacial score (nSPS) is 19.2. The lowest BCUT2D eigenvalue weighted by Crippen LogP contribution is -2.38. The summed E-state index contributed by atoms with van der Waals surface area (Å²) in [4.78, 5) is 23.4. The van der Waals surface area contributed by atoms with Gasteiger partial charge in [0.05, 0.1) is 12.2 Å². The lowest BCUT2D eigenvalue weighted by molar-refractivity contribution is 0.0525. The van der Waals surface area contributed by atoms with Crippen LogP contribution < -0.4 is 0 Å². The number of benzene rings is 1. The average Bonchev–Trinajstić information content (AvgIpc) is 2.77. The first-order valence-electron chi connectivity index (χ1n) is 11.8. The molecule has 0 amide bonds. The zero-order valence-corrected chi connectivity index (χ0v) is 19.1. The van der Waals surface area contributed by atoms with Gasteiger partial charge in [-0.05, 0) is 76.6 Å². The quantitative estimate of drug-likeness (QED) is 0.595. The highest BCUT2D eigenvalue weighted by Gasteiger charge is 2.39. The molecule has 4 rings (SSSR count). The van der Waals surface area contributed by atoms with Crippen molar-refractivity contribution < 1.29 is 9.53 Å². The minimum Gasteiger partial charge on any atom is -0.462 e. The fraction of sp³-hybridized carbons (Fsp3) is 0.577. The van der Waals surface area contributed by atoms with E-state index in [0.29, 0.717) is 24.1 Å². The Morgan fingerprint density at radius 2 is 1.77 bits per heavy atom. The van der Waals surface area contributed by atoms with Gasteiger partial charge in [-0.3, -0.25) is 0 Å². The van der Waals surface area contributed by atoms with Crippen molar-refractivity contribution in [1.82, 2.24) is 14.9 Å². The van der Waals surface area contributed by atoms with Crippen LogP contribution in [0.1, 0.15) is 86.1 Å². The summed E-state index contributed by atoms with van der Waals surface area (Å²) in [6.07, 6.45) is 10.1. The third-order valence-electron chi connectivity index (χ3n) is 7.28. The third-order valence-corrected chi connectivity index (χ3v) is 7.28. The maximum atomic E-state index is 11.8. The Labute approximate surface area is 186 Å². The summed E-state index contributed by atoms with van der Waals surface area (Å²) >= 11 is 0. The van der Waals surface area contributed by atoms with Crippen molar-refractivity contribution in [3.05, 3.63) is 59.2 Å². The predicted octanol–water partition coefficient (Wildman–Crippen LogP) is 4.91. The zero-order valence-electron chi connectivity index (χ0n) is 19.1. The molecule has 31 heavy (non-hydrogen) atoms. The van der Waals surface area contributed by atoms with Crippen LogP contribution in [0.5, 0.6) is 0 Å². The van der Waals surface area contributed by atoms with Crippen LogP contribution in [-0.2, 0) is 16.6 Å². The molecule has 1 saturated carbocycles. The molecule has 2 heterocycles. The highest BCUT2D eigenvalue weighted by atomic mass is 16.5. The number of nitrogens with zero attached hydrogens (tertiary/aromatic N) is 3. The molecular formula is C26H35N3O2. The molecule has 1 aromatic heterocycles. The molecule has 0 unspecified atom stereocenters. The molecule has 2 aromatic rings. The second kappa shape index (κ2) is 9.47. The van der Waals surface area contributed by atoms with Gasteiger partial charge in [-0.2, -0.15) is 0 Å². The number of ether oxygens (including phenoxy) is 1. The largest absolute Gasteiger partial charge is 0.462 e. The lowest BCUT2D eigenvalue weighted by Gasteiger charge is -2.42. The predicted molar refractivity (Wildman–Crippen MR) is 122 cm³/mol. The molecule has 0 bridgehead atoms. The van der Waals surface area contributed by atoms with Gasteiger partial charge >= 0.3 is 5.97 Å². The topological polar surface area (TPSA) is 55.3 Å². The van der Waals surface area contributed by atoms with Crippen molar-refractivity contribution in [2.75, 3.05) is 19.7 Å². The number of carbonyl (C=O) groups excluding carboxylic acids is 1. The van der Waals surface area contributed by atoms with Gasteiger partial charge in [0, 0.05) is 30.3 Å². The molecule has 0 atom stereocenters. The van der Waals surface area contributed by atoms with Gasteiger partial charge in [-0.25, -0.2) is 14.8 Å². The van der Waals surface area contributed by atoms with Crippen LogP contribution in [0.25, 0.3) is 0 Å². The molecule has 2 fully saturated rings. The molecule has 0 N–H and O–H groups in total. The minimum absolute atomic E-state index is 0.130. The van der Waals surface area contributed by atoms with E-state index in [1.165, 1.54) is 56.3 Å². The first-order valence-corrected chi connectivity index (χ1v) is 11.8. The number of rotatable bonds is 7. The summed E-state index contributed by atoms with van der Waals surface area (Å²) in [6.45, 7) is 9.15. The van der Waals surface area contributed by atoms with Gasteiger partial charge in [0.15, 0.2) is 0 Å². The van der Waals surface area contributed by atoms with Crippen molar-refractivity contribution in [3.8, 4) is 0 Å². The zero-order chi connectivity index (χ0) is 21.8. The fourth-order valence-corrected chi connectivity index (χ4v) is 5.10. The number of aromatic nitrogens is 2. The number of hydrogen-bond donors (Lipinski definition) is 0. The van der Waals surface area contributed by atoms with Gasteiger partial charge in [-0.15, -0.1) is 0 Å². The average molecular weight is 422 g/mol. The Morgan fingerprint density at radius 1 is 1.13 bits per heavy atom. The lowest BCUT2D eigenvalue weighted by atomic mass is 9.62. The van der Waals surface area contributed by atoms with E-state index < -0.39 is 0 Å². The molecule has 1 saturated heterocycles. The SMILES string of the molecule is CCOC(=O)c1cnc(CC2(c3ccc(C4CCN(C(C)C)CC4)cc3)CCC2)nc1. The van der Waals surface area contributed by atoms with Crippen LogP contribution >= 0.6 is 0 Å². The van der Waals surface area contributed by atoms with E-state index in [-0.39, 0.29) is 11.4 Å². The standard InChI is InChI=1S/C26H35N3O2/c1-4-31-25(30)22-17-27-24(28-18-22)16-26(12-5-13-26)23-8-6-20(7-9-23)21-10-14-29(15-11-21)19(2)3/h6-9,17-19,21H,4-5,10-16H2,1-3H3. The van der Waals surface area contributed by atoms with E-state index in [0.717, 1.165) is 12.2 Å². The summed E-state index contributed by atoms with van der Waals surface area (Å²) in [5.41, 5.74) is 3.43. The monoisotopic (exact) mass is 421 g/mol. The molecule has 5 nitrogen and oxygen atoms in total. The van der Waals surface area contributed by atoms with Gasteiger partial charge in [-0.1, -0.05) is 30.7 Å². The number of carbonyl (C=O) groups is 1. The molecule has 1 aliphatic carbocycles. The third kappa shape index (κ3) is 4.82. The van der Waals surface area contributed by atoms with E-state index in [1.54, 1.807) is 19.3 Å². The van der Waals surface area contributed by atoms with Crippen LogP contribution in [0, 0.1) is 0 Å². The van der Waals surface area contributed by atoms with E-state index in [9.17, 15) is 4.79 Å². The molecule has 0 radical (unpaired) electrons. The Bertz CT molecular complexity index is 865. The van der Waals surface area contributed by atoms with E-state index in [4.69, 9.17) is 4.74 Å². The molecule has 1 aliphatic heterocycles. The van der Waals surface area contributed by atoms with Crippen LogP contribution in [0.3, 0.4) is 0 Å². The number of hydrogen-bond acceptors (Lipinski definition) is 5.